The molecule has 1 aromatic heterocycles. The summed E-state index contributed by atoms with van der Waals surface area (Å²) in [6.45, 7) is 3.24. The lowest BCUT2D eigenvalue weighted by Crippen LogP contribution is -2.63. The minimum atomic E-state index is -0.580. The molecule has 0 bridgehead atoms. The lowest BCUT2D eigenvalue weighted by Gasteiger charge is -2.48. The lowest BCUT2D eigenvalue weighted by molar-refractivity contribution is -0.00997. The molecule has 0 spiro atoms. The van der Waals surface area contributed by atoms with Crippen LogP contribution in [0.15, 0.2) is 18.3 Å². The summed E-state index contributed by atoms with van der Waals surface area (Å²) in [7, 11) is 0. The normalized spacial score (nSPS) is 20.8. The molecule has 1 saturated carbocycles. The quantitative estimate of drug-likeness (QED) is 0.827. The maximum absolute atomic E-state index is 11.9. The second kappa shape index (κ2) is 4.49. The summed E-state index contributed by atoms with van der Waals surface area (Å²) in [5.41, 5.74) is -0.106. The smallest absolute Gasteiger partial charge is 0.341 e. The second-order valence-corrected chi connectivity index (χ2v) is 5.33. The van der Waals surface area contributed by atoms with Gasteiger partial charge in [-0.1, -0.05) is 0 Å². The molecule has 1 N–H and O–H groups in total. The zero-order valence-corrected chi connectivity index (χ0v) is 11.0. The molecule has 102 valence electrons. The van der Waals surface area contributed by atoms with Crippen molar-refractivity contribution in [2.75, 3.05) is 24.6 Å². The molecule has 1 saturated heterocycles. The van der Waals surface area contributed by atoms with Gasteiger partial charge in [-0.25, -0.2) is 9.78 Å². The SMILES string of the molecule is CCOC(=O)c1cccnc1N1CC(O)(C2CC2)C1. The number of aliphatic hydroxyl groups is 1. The number of nitrogens with zero attached hydrogens (tertiary/aromatic N) is 2. The number of rotatable bonds is 4. The zero-order chi connectivity index (χ0) is 13.5. The first-order chi connectivity index (χ1) is 9.14. The minimum absolute atomic E-state index is 0.346. The molecule has 2 heterocycles. The first kappa shape index (κ1) is 12.4. The summed E-state index contributed by atoms with van der Waals surface area (Å²) in [5, 5.41) is 10.3. The van der Waals surface area contributed by atoms with Crippen LogP contribution >= 0.6 is 0 Å². The summed E-state index contributed by atoms with van der Waals surface area (Å²) in [4.78, 5) is 18.1. The van der Waals surface area contributed by atoms with Crippen molar-refractivity contribution in [2.45, 2.75) is 25.4 Å². The number of hydrogen-bond donors (Lipinski definition) is 1. The zero-order valence-electron chi connectivity index (χ0n) is 11.0. The van der Waals surface area contributed by atoms with Crippen molar-refractivity contribution in [3.63, 3.8) is 0 Å². The number of carbonyl (C=O) groups excluding carboxylic acids is 1. The number of aromatic nitrogens is 1. The number of pyridine rings is 1. The molecule has 0 amide bonds. The van der Waals surface area contributed by atoms with Gasteiger partial charge < -0.3 is 14.7 Å². The Hall–Kier alpha value is -1.62. The van der Waals surface area contributed by atoms with Gasteiger partial charge in [0, 0.05) is 6.20 Å². The number of anilines is 1. The van der Waals surface area contributed by atoms with E-state index in [1.165, 1.54) is 0 Å². The van der Waals surface area contributed by atoms with Gasteiger partial charge in [0.25, 0.3) is 0 Å². The van der Waals surface area contributed by atoms with E-state index in [4.69, 9.17) is 4.74 Å². The number of esters is 1. The third kappa shape index (κ3) is 2.18. The third-order valence-electron chi connectivity index (χ3n) is 3.85. The Morgan fingerprint density at radius 3 is 2.95 bits per heavy atom. The van der Waals surface area contributed by atoms with E-state index in [-0.39, 0.29) is 5.97 Å². The van der Waals surface area contributed by atoms with Gasteiger partial charge in [0.2, 0.25) is 0 Å². The molecule has 1 aliphatic carbocycles. The van der Waals surface area contributed by atoms with Crippen LogP contribution < -0.4 is 4.90 Å². The molecule has 1 aliphatic heterocycles. The summed E-state index contributed by atoms with van der Waals surface area (Å²) in [6.07, 6.45) is 3.88. The van der Waals surface area contributed by atoms with Crippen LogP contribution in [0.4, 0.5) is 5.82 Å². The van der Waals surface area contributed by atoms with Crippen LogP contribution in [-0.2, 0) is 4.74 Å². The van der Waals surface area contributed by atoms with Crippen molar-refractivity contribution < 1.29 is 14.6 Å². The van der Waals surface area contributed by atoms with Crippen molar-refractivity contribution in [2.24, 2.45) is 5.92 Å². The summed E-state index contributed by atoms with van der Waals surface area (Å²) >= 11 is 0. The fourth-order valence-corrected chi connectivity index (χ4v) is 2.66. The maximum Gasteiger partial charge on any atom is 0.341 e. The first-order valence-corrected chi connectivity index (χ1v) is 6.73. The molecule has 2 fully saturated rings. The molecule has 3 rings (SSSR count). The Morgan fingerprint density at radius 2 is 2.32 bits per heavy atom. The van der Waals surface area contributed by atoms with E-state index >= 15 is 0 Å². The predicted molar refractivity (Wildman–Crippen MR) is 70.1 cm³/mol. The molecule has 19 heavy (non-hydrogen) atoms. The van der Waals surface area contributed by atoms with Crippen LogP contribution in [0.5, 0.6) is 0 Å². The second-order valence-electron chi connectivity index (χ2n) is 5.33. The molecule has 5 nitrogen and oxygen atoms in total. The van der Waals surface area contributed by atoms with E-state index in [9.17, 15) is 9.90 Å². The van der Waals surface area contributed by atoms with E-state index in [1.54, 1.807) is 25.3 Å². The molecular weight excluding hydrogens is 244 g/mol. The Balaban J connectivity index is 1.76. The van der Waals surface area contributed by atoms with Crippen LogP contribution in [0.3, 0.4) is 0 Å². The Kier molecular flexibility index (Phi) is 2.93. The first-order valence-electron chi connectivity index (χ1n) is 6.73. The standard InChI is InChI=1S/C14H18N2O3/c1-2-19-13(17)11-4-3-7-15-12(11)16-8-14(18,9-16)10-5-6-10/h3-4,7,10,18H,2,5-6,8-9H2,1H3. The van der Waals surface area contributed by atoms with E-state index in [0.717, 1.165) is 12.8 Å². The topological polar surface area (TPSA) is 62.7 Å². The van der Waals surface area contributed by atoms with Crippen LogP contribution in [0.1, 0.15) is 30.1 Å². The van der Waals surface area contributed by atoms with Crippen molar-refractivity contribution in [1.29, 1.82) is 0 Å². The van der Waals surface area contributed by atoms with Crippen molar-refractivity contribution in [1.82, 2.24) is 4.98 Å². The largest absolute Gasteiger partial charge is 0.462 e. The monoisotopic (exact) mass is 262 g/mol. The molecule has 0 radical (unpaired) electrons. The summed E-state index contributed by atoms with van der Waals surface area (Å²) < 4.78 is 5.03. The predicted octanol–water partition coefficient (Wildman–Crippen LogP) is 1.22. The van der Waals surface area contributed by atoms with Crippen molar-refractivity contribution in [3.8, 4) is 0 Å². The molecule has 0 aromatic carbocycles. The molecular formula is C14H18N2O3. The maximum atomic E-state index is 11.9. The van der Waals surface area contributed by atoms with E-state index in [1.807, 2.05) is 4.90 Å². The average molecular weight is 262 g/mol. The Labute approximate surface area is 112 Å². The molecule has 2 aliphatic rings. The van der Waals surface area contributed by atoms with Gasteiger partial charge in [-0.15, -0.1) is 0 Å². The van der Waals surface area contributed by atoms with Gasteiger partial charge >= 0.3 is 5.97 Å². The van der Waals surface area contributed by atoms with Gasteiger partial charge in [0.15, 0.2) is 0 Å². The molecule has 5 heteroatoms. The number of hydrogen-bond acceptors (Lipinski definition) is 5. The van der Waals surface area contributed by atoms with Crippen LogP contribution in [0, 0.1) is 5.92 Å². The van der Waals surface area contributed by atoms with Gasteiger partial charge in [-0.2, -0.15) is 0 Å². The van der Waals surface area contributed by atoms with Crippen LogP contribution in [0.2, 0.25) is 0 Å². The number of β-amino-alcohol motifs (C(OH)–C–C–N with tert-alkyl or cyclic N) is 1. The lowest BCUT2D eigenvalue weighted by atomic mass is 9.88. The molecule has 1 aromatic rings. The number of carbonyl (C=O) groups is 1. The van der Waals surface area contributed by atoms with Crippen molar-refractivity contribution in [3.05, 3.63) is 23.9 Å². The van der Waals surface area contributed by atoms with E-state index in [0.29, 0.717) is 37.0 Å². The average Bonchev–Trinajstić information content (AvgIpc) is 3.20. The third-order valence-corrected chi connectivity index (χ3v) is 3.85. The molecule has 0 atom stereocenters. The highest BCUT2D eigenvalue weighted by Crippen LogP contribution is 2.45. The minimum Gasteiger partial charge on any atom is -0.462 e. The molecule has 0 unspecified atom stereocenters. The fraction of sp³-hybridized carbons (Fsp3) is 0.571. The van der Waals surface area contributed by atoms with Crippen LogP contribution in [0.25, 0.3) is 0 Å². The van der Waals surface area contributed by atoms with Gasteiger partial charge in [0.1, 0.15) is 17.0 Å². The van der Waals surface area contributed by atoms with Crippen molar-refractivity contribution >= 4 is 11.8 Å². The highest BCUT2D eigenvalue weighted by Gasteiger charge is 2.52. The Bertz CT molecular complexity index is 493. The van der Waals surface area contributed by atoms with Gasteiger partial charge in [-0.3, -0.25) is 0 Å². The van der Waals surface area contributed by atoms with Crippen LogP contribution in [-0.4, -0.2) is 41.4 Å². The summed E-state index contributed by atoms with van der Waals surface area (Å²) in [6, 6.07) is 3.44. The van der Waals surface area contributed by atoms with E-state index < -0.39 is 5.60 Å². The van der Waals surface area contributed by atoms with E-state index in [2.05, 4.69) is 4.98 Å². The fourth-order valence-electron chi connectivity index (χ4n) is 2.66. The highest BCUT2D eigenvalue weighted by atomic mass is 16.5. The van der Waals surface area contributed by atoms with Gasteiger partial charge in [0.05, 0.1) is 19.7 Å². The number of ether oxygens (including phenoxy) is 1. The Morgan fingerprint density at radius 1 is 1.58 bits per heavy atom. The van der Waals surface area contributed by atoms with Gasteiger partial charge in [-0.05, 0) is 37.8 Å². The summed E-state index contributed by atoms with van der Waals surface area (Å²) in [5.74, 6) is 0.692. The highest BCUT2D eigenvalue weighted by molar-refractivity contribution is 5.95.